The fourth-order valence-corrected chi connectivity index (χ4v) is 5.20. The van der Waals surface area contributed by atoms with Crippen LogP contribution in [0.3, 0.4) is 0 Å². The van der Waals surface area contributed by atoms with Gasteiger partial charge in [-0.05, 0) is 37.1 Å². The normalized spacial score (nSPS) is 24.3. The number of rotatable bonds is 3. The lowest BCUT2D eigenvalue weighted by Gasteiger charge is -2.13. The van der Waals surface area contributed by atoms with Crippen LogP contribution in [0.1, 0.15) is 12.0 Å². The van der Waals surface area contributed by atoms with Crippen molar-refractivity contribution < 1.29 is 12.6 Å². The Kier molecular flexibility index (Phi) is 4.11. The lowest BCUT2D eigenvalue weighted by Crippen LogP contribution is -2.35. The lowest BCUT2D eigenvalue weighted by molar-refractivity contribution is 0.562. The van der Waals surface area contributed by atoms with Crippen LogP contribution in [-0.2, 0) is 20.8 Å². The van der Waals surface area contributed by atoms with E-state index in [4.69, 9.17) is 11.6 Å². The Morgan fingerprint density at radius 2 is 2.17 bits per heavy atom. The van der Waals surface area contributed by atoms with Crippen molar-refractivity contribution >= 4 is 32.4 Å². The van der Waals surface area contributed by atoms with Crippen LogP contribution in [0, 0.1) is 6.92 Å². The number of benzene rings is 1. The first kappa shape index (κ1) is 14.0. The minimum atomic E-state index is -3.56. The molecule has 2 atom stereocenters. The second kappa shape index (κ2) is 5.28. The molecule has 1 saturated heterocycles. The quantitative estimate of drug-likeness (QED) is 0.919. The number of sulfonamides is 1. The summed E-state index contributed by atoms with van der Waals surface area (Å²) in [6.45, 7) is 1.70. The van der Waals surface area contributed by atoms with Gasteiger partial charge in [0.15, 0.2) is 0 Å². The molecule has 0 bridgehead atoms. The summed E-state index contributed by atoms with van der Waals surface area (Å²) in [7, 11) is -4.46. The zero-order valence-electron chi connectivity index (χ0n) is 9.85. The van der Waals surface area contributed by atoms with E-state index in [0.717, 1.165) is 0 Å². The molecule has 0 radical (unpaired) electrons. The molecule has 0 amide bonds. The first-order valence-corrected chi connectivity index (χ1v) is 8.87. The first-order chi connectivity index (χ1) is 8.38. The van der Waals surface area contributed by atoms with E-state index in [0.29, 0.717) is 28.5 Å². The summed E-state index contributed by atoms with van der Waals surface area (Å²) in [6.07, 6.45) is 0.623. The van der Waals surface area contributed by atoms with Crippen LogP contribution in [0.2, 0.25) is 5.02 Å². The van der Waals surface area contributed by atoms with Crippen molar-refractivity contribution in [1.29, 1.82) is 0 Å². The average Bonchev–Trinajstić information content (AvgIpc) is 2.62. The summed E-state index contributed by atoms with van der Waals surface area (Å²) in [5.41, 5.74) is 0.606. The van der Waals surface area contributed by atoms with E-state index < -0.39 is 20.8 Å². The molecule has 4 nitrogen and oxygen atoms in total. The fraction of sp³-hybridized carbons (Fsp3) is 0.455. The second-order valence-corrected chi connectivity index (χ2v) is 8.07. The summed E-state index contributed by atoms with van der Waals surface area (Å²) in [5, 5.41) is 0.508. The molecule has 1 heterocycles. The van der Waals surface area contributed by atoms with Gasteiger partial charge >= 0.3 is 0 Å². The Hall–Kier alpha value is -0.430. The Morgan fingerprint density at radius 1 is 1.44 bits per heavy atom. The van der Waals surface area contributed by atoms with Crippen molar-refractivity contribution in [2.75, 3.05) is 11.5 Å². The molecule has 1 N–H and O–H groups in total. The minimum absolute atomic E-state index is 0.226. The highest BCUT2D eigenvalue weighted by atomic mass is 35.5. The van der Waals surface area contributed by atoms with Crippen LogP contribution >= 0.6 is 11.6 Å². The number of nitrogens with one attached hydrogen (secondary N) is 1. The topological polar surface area (TPSA) is 63.2 Å². The number of halogens is 1. The highest BCUT2D eigenvalue weighted by Crippen LogP contribution is 2.20. The molecule has 1 aromatic carbocycles. The van der Waals surface area contributed by atoms with Gasteiger partial charge in [-0.3, -0.25) is 4.21 Å². The zero-order chi connectivity index (χ0) is 13.3. The highest BCUT2D eigenvalue weighted by Gasteiger charge is 2.27. The van der Waals surface area contributed by atoms with E-state index >= 15 is 0 Å². The average molecular weight is 308 g/mol. The smallest absolute Gasteiger partial charge is 0.241 e. The lowest BCUT2D eigenvalue weighted by atomic mass is 10.2. The molecule has 0 unspecified atom stereocenters. The van der Waals surface area contributed by atoms with E-state index in [1.807, 2.05) is 0 Å². The van der Waals surface area contributed by atoms with Gasteiger partial charge in [0.1, 0.15) is 0 Å². The molecule has 18 heavy (non-hydrogen) atoms. The summed E-state index contributed by atoms with van der Waals surface area (Å²) >= 11 is 5.80. The Bertz CT molecular complexity index is 586. The maximum Gasteiger partial charge on any atom is 0.241 e. The van der Waals surface area contributed by atoms with Crippen molar-refractivity contribution in [3.8, 4) is 0 Å². The van der Waals surface area contributed by atoms with E-state index in [-0.39, 0.29) is 10.9 Å². The van der Waals surface area contributed by atoms with Crippen molar-refractivity contribution in [1.82, 2.24) is 4.72 Å². The SMILES string of the molecule is Cc1cc(Cl)ccc1S(=O)(=O)N[C@@H]1CC[S@](=O)C1. The predicted molar refractivity (Wildman–Crippen MR) is 72.8 cm³/mol. The fourth-order valence-electron chi connectivity index (χ4n) is 1.95. The molecule has 0 aromatic heterocycles. The predicted octanol–water partition coefficient (Wildman–Crippen LogP) is 1.45. The van der Waals surface area contributed by atoms with Crippen LogP contribution < -0.4 is 4.72 Å². The van der Waals surface area contributed by atoms with Crippen LogP contribution in [0.5, 0.6) is 0 Å². The van der Waals surface area contributed by atoms with E-state index in [2.05, 4.69) is 4.72 Å². The maximum atomic E-state index is 12.2. The van der Waals surface area contributed by atoms with Gasteiger partial charge in [-0.25, -0.2) is 13.1 Å². The molecule has 1 aliphatic heterocycles. The molecule has 0 aliphatic carbocycles. The second-order valence-electron chi connectivity index (χ2n) is 4.33. The zero-order valence-corrected chi connectivity index (χ0v) is 12.2. The van der Waals surface area contributed by atoms with Crippen LogP contribution in [0.25, 0.3) is 0 Å². The molecule has 1 fully saturated rings. The van der Waals surface area contributed by atoms with Gasteiger partial charge in [0.05, 0.1) is 4.90 Å². The molecule has 7 heteroatoms. The van der Waals surface area contributed by atoms with Gasteiger partial charge in [-0.15, -0.1) is 0 Å². The number of hydrogen-bond acceptors (Lipinski definition) is 3. The van der Waals surface area contributed by atoms with Gasteiger partial charge < -0.3 is 0 Å². The summed E-state index contributed by atoms with van der Waals surface area (Å²) in [6, 6.07) is 4.43. The third-order valence-corrected chi connectivity index (χ3v) is 6.21. The van der Waals surface area contributed by atoms with Gasteiger partial charge in [-0.2, -0.15) is 0 Å². The third-order valence-electron chi connectivity index (χ3n) is 2.83. The Labute approximate surface area is 114 Å². The Balaban J connectivity index is 2.23. The van der Waals surface area contributed by atoms with E-state index in [1.165, 1.54) is 6.07 Å². The molecule has 1 aliphatic rings. The van der Waals surface area contributed by atoms with Crippen LogP contribution in [0.15, 0.2) is 23.1 Å². The van der Waals surface area contributed by atoms with Crippen LogP contribution in [-0.4, -0.2) is 30.2 Å². The largest absolute Gasteiger partial charge is 0.260 e. The first-order valence-electron chi connectivity index (χ1n) is 5.52. The molecule has 100 valence electrons. The molecule has 0 spiro atoms. The molecular formula is C11H14ClNO3S2. The monoisotopic (exact) mass is 307 g/mol. The van der Waals surface area contributed by atoms with Gasteiger partial charge in [-0.1, -0.05) is 11.6 Å². The van der Waals surface area contributed by atoms with E-state index in [9.17, 15) is 12.6 Å². The van der Waals surface area contributed by atoms with Crippen molar-refractivity contribution in [2.45, 2.75) is 24.3 Å². The van der Waals surface area contributed by atoms with Crippen molar-refractivity contribution in [3.63, 3.8) is 0 Å². The molecule has 0 saturated carbocycles. The summed E-state index contributed by atoms with van der Waals surface area (Å²) in [4.78, 5) is 0.226. The minimum Gasteiger partial charge on any atom is -0.260 e. The van der Waals surface area contributed by atoms with Crippen molar-refractivity contribution in [3.05, 3.63) is 28.8 Å². The molecule has 1 aromatic rings. The summed E-state index contributed by atoms with van der Waals surface area (Å²) in [5.74, 6) is 0.957. The summed E-state index contributed by atoms with van der Waals surface area (Å²) < 4.78 is 38.2. The number of aryl methyl sites for hydroxylation is 1. The molecule has 2 rings (SSSR count). The number of hydrogen-bond donors (Lipinski definition) is 1. The van der Waals surface area contributed by atoms with Gasteiger partial charge in [0, 0.05) is 33.4 Å². The van der Waals surface area contributed by atoms with E-state index in [1.54, 1.807) is 19.1 Å². The standard InChI is InChI=1S/C11H14ClNO3S2/c1-8-6-9(12)2-3-11(8)18(15,16)13-10-4-5-17(14)7-10/h2-3,6,10,13H,4-5,7H2,1H3/t10-,17+/m1/s1. The Morgan fingerprint density at radius 3 is 2.72 bits per heavy atom. The van der Waals surface area contributed by atoms with Gasteiger partial charge in [0.2, 0.25) is 10.0 Å². The van der Waals surface area contributed by atoms with Crippen LogP contribution in [0.4, 0.5) is 0 Å². The maximum absolute atomic E-state index is 12.2. The van der Waals surface area contributed by atoms with Gasteiger partial charge in [0.25, 0.3) is 0 Å². The third kappa shape index (κ3) is 3.12. The highest BCUT2D eigenvalue weighted by molar-refractivity contribution is 7.89. The van der Waals surface area contributed by atoms with Crippen molar-refractivity contribution in [2.24, 2.45) is 0 Å². The molecular weight excluding hydrogens is 294 g/mol.